The van der Waals surface area contributed by atoms with Crippen molar-refractivity contribution in [2.24, 2.45) is 10.9 Å². The SMILES string of the molecule is CCOC(=O)c1cnn2cc(/C(N)=N/O)ccc12. The van der Waals surface area contributed by atoms with Gasteiger partial charge in [-0.1, -0.05) is 5.16 Å². The van der Waals surface area contributed by atoms with E-state index in [1.807, 2.05) is 0 Å². The lowest BCUT2D eigenvalue weighted by atomic mass is 10.2. The van der Waals surface area contributed by atoms with Crippen molar-refractivity contribution in [3.8, 4) is 0 Å². The van der Waals surface area contributed by atoms with Crippen LogP contribution in [0.15, 0.2) is 29.7 Å². The predicted octanol–water partition coefficient (Wildman–Crippen LogP) is 0.606. The number of aromatic nitrogens is 2. The fourth-order valence-corrected chi connectivity index (χ4v) is 1.56. The summed E-state index contributed by atoms with van der Waals surface area (Å²) in [6, 6.07) is 3.29. The number of nitrogens with zero attached hydrogens (tertiary/aromatic N) is 3. The van der Waals surface area contributed by atoms with E-state index in [9.17, 15) is 4.79 Å². The van der Waals surface area contributed by atoms with Crippen LogP contribution in [0.25, 0.3) is 5.52 Å². The second-order valence-corrected chi connectivity index (χ2v) is 3.51. The van der Waals surface area contributed by atoms with Gasteiger partial charge in [-0.2, -0.15) is 5.10 Å². The highest BCUT2D eigenvalue weighted by Gasteiger charge is 2.14. The van der Waals surface area contributed by atoms with E-state index in [0.29, 0.717) is 23.3 Å². The Morgan fingerprint density at radius 2 is 2.39 bits per heavy atom. The first-order valence-electron chi connectivity index (χ1n) is 5.29. The van der Waals surface area contributed by atoms with E-state index < -0.39 is 5.97 Å². The number of nitrogens with two attached hydrogens (primary N) is 1. The van der Waals surface area contributed by atoms with Crippen molar-refractivity contribution in [1.29, 1.82) is 0 Å². The number of esters is 1. The number of carbonyl (C=O) groups is 1. The van der Waals surface area contributed by atoms with Crippen molar-refractivity contribution in [2.45, 2.75) is 6.92 Å². The van der Waals surface area contributed by atoms with Gasteiger partial charge in [0.05, 0.1) is 18.3 Å². The minimum absolute atomic E-state index is 0.0231. The Morgan fingerprint density at radius 3 is 3.06 bits per heavy atom. The van der Waals surface area contributed by atoms with Gasteiger partial charge in [0.2, 0.25) is 0 Å². The average molecular weight is 248 g/mol. The molecule has 94 valence electrons. The maximum Gasteiger partial charge on any atom is 0.341 e. The predicted molar refractivity (Wildman–Crippen MR) is 63.7 cm³/mol. The van der Waals surface area contributed by atoms with Crippen molar-refractivity contribution in [3.05, 3.63) is 35.7 Å². The minimum atomic E-state index is -0.427. The van der Waals surface area contributed by atoms with Crippen molar-refractivity contribution in [3.63, 3.8) is 0 Å². The Hall–Kier alpha value is -2.57. The molecule has 2 aromatic heterocycles. The van der Waals surface area contributed by atoms with Crippen LogP contribution >= 0.6 is 0 Å². The van der Waals surface area contributed by atoms with Crippen LogP contribution in [0.3, 0.4) is 0 Å². The molecule has 0 bridgehead atoms. The molecule has 18 heavy (non-hydrogen) atoms. The molecular formula is C11H12N4O3. The number of rotatable bonds is 3. The summed E-state index contributed by atoms with van der Waals surface area (Å²) in [5.74, 6) is -0.450. The van der Waals surface area contributed by atoms with Crippen LogP contribution in [-0.4, -0.2) is 33.2 Å². The smallest absolute Gasteiger partial charge is 0.341 e. The second kappa shape index (κ2) is 4.74. The number of oxime groups is 1. The quantitative estimate of drug-likeness (QED) is 0.272. The Morgan fingerprint density at radius 1 is 1.61 bits per heavy atom. The molecule has 0 aliphatic heterocycles. The first-order chi connectivity index (χ1) is 8.67. The molecule has 0 radical (unpaired) electrons. The topological polar surface area (TPSA) is 102 Å². The summed E-state index contributed by atoms with van der Waals surface area (Å²) >= 11 is 0. The molecule has 0 saturated carbocycles. The normalized spacial score (nSPS) is 11.7. The molecule has 0 fully saturated rings. The van der Waals surface area contributed by atoms with E-state index in [1.165, 1.54) is 10.7 Å². The zero-order valence-corrected chi connectivity index (χ0v) is 9.70. The van der Waals surface area contributed by atoms with Gasteiger partial charge < -0.3 is 15.7 Å². The van der Waals surface area contributed by atoms with Crippen molar-refractivity contribution in [2.75, 3.05) is 6.61 Å². The van der Waals surface area contributed by atoms with Crippen LogP contribution in [-0.2, 0) is 4.74 Å². The largest absolute Gasteiger partial charge is 0.462 e. The summed E-state index contributed by atoms with van der Waals surface area (Å²) in [5.41, 5.74) is 6.95. The molecular weight excluding hydrogens is 236 g/mol. The molecule has 2 rings (SSSR count). The van der Waals surface area contributed by atoms with Crippen molar-refractivity contribution < 1.29 is 14.7 Å². The van der Waals surface area contributed by atoms with Gasteiger partial charge in [0.25, 0.3) is 0 Å². The van der Waals surface area contributed by atoms with Gasteiger partial charge >= 0.3 is 5.97 Å². The molecule has 3 N–H and O–H groups in total. The van der Waals surface area contributed by atoms with Gasteiger partial charge in [0, 0.05) is 11.8 Å². The summed E-state index contributed by atoms with van der Waals surface area (Å²) in [4.78, 5) is 11.6. The lowest BCUT2D eigenvalue weighted by Crippen LogP contribution is -2.14. The van der Waals surface area contributed by atoms with Crippen LogP contribution in [0, 0.1) is 0 Å². The van der Waals surface area contributed by atoms with Crippen LogP contribution in [0.5, 0.6) is 0 Å². The third-order valence-corrected chi connectivity index (χ3v) is 2.41. The van der Waals surface area contributed by atoms with E-state index in [2.05, 4.69) is 10.3 Å². The van der Waals surface area contributed by atoms with Crippen LogP contribution in [0.1, 0.15) is 22.8 Å². The molecule has 0 saturated heterocycles. The summed E-state index contributed by atoms with van der Waals surface area (Å²) in [5, 5.41) is 15.5. The zero-order chi connectivity index (χ0) is 13.1. The second-order valence-electron chi connectivity index (χ2n) is 3.51. The number of carbonyl (C=O) groups excluding carboxylic acids is 1. The fourth-order valence-electron chi connectivity index (χ4n) is 1.56. The van der Waals surface area contributed by atoms with E-state index in [4.69, 9.17) is 15.7 Å². The highest BCUT2D eigenvalue weighted by atomic mass is 16.5. The minimum Gasteiger partial charge on any atom is -0.462 e. The number of hydrogen-bond acceptors (Lipinski definition) is 5. The van der Waals surface area contributed by atoms with E-state index in [-0.39, 0.29) is 5.84 Å². The molecule has 0 spiro atoms. The molecule has 0 amide bonds. The van der Waals surface area contributed by atoms with Gasteiger partial charge in [-0.25, -0.2) is 9.31 Å². The maximum atomic E-state index is 11.6. The molecule has 0 aliphatic rings. The first-order valence-corrected chi connectivity index (χ1v) is 5.29. The standard InChI is InChI=1S/C11H12N4O3/c1-2-18-11(16)8-5-13-15-6-7(10(12)14-17)3-4-9(8)15/h3-6,17H,2H2,1H3,(H2,12,14). The molecule has 2 aromatic rings. The fraction of sp³-hybridized carbons (Fsp3) is 0.182. The molecule has 0 aliphatic carbocycles. The Bertz CT molecular complexity index is 618. The maximum absolute atomic E-state index is 11.6. The highest BCUT2D eigenvalue weighted by molar-refractivity contribution is 5.99. The highest BCUT2D eigenvalue weighted by Crippen LogP contribution is 2.13. The molecule has 0 atom stereocenters. The number of fused-ring (bicyclic) bond motifs is 1. The Balaban J connectivity index is 2.47. The molecule has 7 heteroatoms. The molecule has 7 nitrogen and oxygen atoms in total. The summed E-state index contributed by atoms with van der Waals surface area (Å²) in [6.45, 7) is 2.04. The molecule has 2 heterocycles. The van der Waals surface area contributed by atoms with Crippen LogP contribution in [0.2, 0.25) is 0 Å². The average Bonchev–Trinajstić information content (AvgIpc) is 2.80. The van der Waals surface area contributed by atoms with Crippen molar-refractivity contribution >= 4 is 17.3 Å². The Kier molecular flexibility index (Phi) is 3.13. The van der Waals surface area contributed by atoms with Crippen LogP contribution < -0.4 is 5.73 Å². The van der Waals surface area contributed by atoms with Crippen LogP contribution in [0.4, 0.5) is 0 Å². The van der Waals surface area contributed by atoms with Gasteiger partial charge in [-0.15, -0.1) is 0 Å². The monoisotopic (exact) mass is 248 g/mol. The van der Waals surface area contributed by atoms with Gasteiger partial charge in [-0.05, 0) is 19.1 Å². The third kappa shape index (κ3) is 1.97. The van der Waals surface area contributed by atoms with Gasteiger partial charge in [0.1, 0.15) is 5.56 Å². The van der Waals surface area contributed by atoms with Gasteiger partial charge in [0.15, 0.2) is 5.84 Å². The molecule has 0 unspecified atom stereocenters. The number of hydrogen-bond donors (Lipinski definition) is 2. The number of amidine groups is 1. The first kappa shape index (κ1) is 11.9. The van der Waals surface area contributed by atoms with Gasteiger partial charge in [-0.3, -0.25) is 0 Å². The number of ether oxygens (including phenoxy) is 1. The summed E-state index contributed by atoms with van der Waals surface area (Å²) in [6.07, 6.45) is 2.98. The van der Waals surface area contributed by atoms with E-state index >= 15 is 0 Å². The third-order valence-electron chi connectivity index (χ3n) is 2.41. The summed E-state index contributed by atoms with van der Waals surface area (Å²) in [7, 11) is 0. The van der Waals surface area contributed by atoms with E-state index in [0.717, 1.165) is 0 Å². The molecule has 0 aromatic carbocycles. The lowest BCUT2D eigenvalue weighted by Gasteiger charge is -2.01. The lowest BCUT2D eigenvalue weighted by molar-refractivity contribution is 0.0528. The summed E-state index contributed by atoms with van der Waals surface area (Å²) < 4.78 is 6.38. The van der Waals surface area contributed by atoms with Crippen molar-refractivity contribution in [1.82, 2.24) is 9.61 Å². The number of pyridine rings is 1. The van der Waals surface area contributed by atoms with E-state index in [1.54, 1.807) is 25.3 Å². The zero-order valence-electron chi connectivity index (χ0n) is 9.70. The Labute approximate surface area is 102 Å².